The maximum absolute atomic E-state index is 2.59. The molecule has 1 fully saturated rings. The van der Waals surface area contributed by atoms with Crippen molar-refractivity contribution in [2.45, 2.75) is 87.0 Å². The van der Waals surface area contributed by atoms with E-state index in [1.54, 1.807) is 5.57 Å². The van der Waals surface area contributed by atoms with E-state index in [1.165, 1.54) is 38.5 Å². The van der Waals surface area contributed by atoms with Gasteiger partial charge >= 0.3 is 0 Å². The van der Waals surface area contributed by atoms with Crippen LogP contribution < -0.4 is 0 Å². The van der Waals surface area contributed by atoms with Crippen molar-refractivity contribution >= 4 is 0 Å². The van der Waals surface area contributed by atoms with E-state index in [9.17, 15) is 0 Å². The molecule has 0 aromatic rings. The van der Waals surface area contributed by atoms with Crippen molar-refractivity contribution in [2.24, 2.45) is 22.2 Å². The van der Waals surface area contributed by atoms with Gasteiger partial charge in [0, 0.05) is 0 Å². The van der Waals surface area contributed by atoms with Crippen LogP contribution in [0.1, 0.15) is 87.0 Å². The van der Waals surface area contributed by atoms with Gasteiger partial charge in [0.25, 0.3) is 0 Å². The first-order chi connectivity index (χ1) is 8.56. The molecule has 0 unspecified atom stereocenters. The van der Waals surface area contributed by atoms with E-state index >= 15 is 0 Å². The van der Waals surface area contributed by atoms with Crippen molar-refractivity contribution in [3.05, 3.63) is 11.1 Å². The third-order valence-corrected chi connectivity index (χ3v) is 5.95. The molecule has 2 aliphatic rings. The molecular formula is C19H34. The molecule has 0 heteroatoms. The van der Waals surface area contributed by atoms with Crippen LogP contribution >= 0.6 is 0 Å². The second-order valence-electron chi connectivity index (χ2n) is 9.35. The SMILES string of the molecule is CC1=C(CC(C)(C)C)[C@]2(C)CCCC(C)(C)[C@H]2CC1. The summed E-state index contributed by atoms with van der Waals surface area (Å²) in [4.78, 5) is 0. The Morgan fingerprint density at radius 1 is 1.11 bits per heavy atom. The van der Waals surface area contributed by atoms with Crippen LogP contribution in [0.3, 0.4) is 0 Å². The zero-order valence-electron chi connectivity index (χ0n) is 14.3. The van der Waals surface area contributed by atoms with Crippen LogP contribution in [-0.4, -0.2) is 0 Å². The van der Waals surface area contributed by atoms with Crippen molar-refractivity contribution < 1.29 is 0 Å². The third kappa shape index (κ3) is 2.78. The van der Waals surface area contributed by atoms with Crippen molar-refractivity contribution in [2.75, 3.05) is 0 Å². The van der Waals surface area contributed by atoms with Crippen LogP contribution in [0.4, 0.5) is 0 Å². The Hall–Kier alpha value is -0.260. The van der Waals surface area contributed by atoms with Crippen molar-refractivity contribution in [1.29, 1.82) is 0 Å². The molecule has 0 nitrogen and oxygen atoms in total. The van der Waals surface area contributed by atoms with E-state index in [-0.39, 0.29) is 0 Å². The maximum Gasteiger partial charge on any atom is -0.00802 e. The second-order valence-corrected chi connectivity index (χ2v) is 9.35. The van der Waals surface area contributed by atoms with Crippen molar-refractivity contribution in [3.63, 3.8) is 0 Å². The summed E-state index contributed by atoms with van der Waals surface area (Å²) in [5, 5.41) is 0. The lowest BCUT2D eigenvalue weighted by Crippen LogP contribution is -2.46. The highest BCUT2D eigenvalue weighted by atomic mass is 14.5. The molecule has 2 rings (SSSR count). The molecule has 0 N–H and O–H groups in total. The quantitative estimate of drug-likeness (QED) is 0.482. The zero-order chi connectivity index (χ0) is 14.5. The standard InChI is InChI=1S/C19H34/c1-14-9-10-16-18(5,6)11-8-12-19(16,7)15(14)13-17(2,3)4/h16H,8-13H2,1-7H3/t16-,19+/m1/s1. The Labute approximate surface area is 121 Å². The normalized spacial score (nSPS) is 35.2. The fourth-order valence-electron chi connectivity index (χ4n) is 5.07. The van der Waals surface area contributed by atoms with Gasteiger partial charge in [-0.15, -0.1) is 0 Å². The summed E-state index contributed by atoms with van der Waals surface area (Å²) in [6.07, 6.45) is 8.32. The number of fused-ring (bicyclic) bond motifs is 1. The molecule has 0 saturated heterocycles. The summed E-state index contributed by atoms with van der Waals surface area (Å²) in [5.41, 5.74) is 4.98. The monoisotopic (exact) mass is 262 g/mol. The molecule has 110 valence electrons. The minimum absolute atomic E-state index is 0.420. The molecule has 0 aromatic heterocycles. The predicted molar refractivity (Wildman–Crippen MR) is 85.2 cm³/mol. The van der Waals surface area contributed by atoms with Crippen molar-refractivity contribution in [1.82, 2.24) is 0 Å². The van der Waals surface area contributed by atoms with Crippen LogP contribution in [0.5, 0.6) is 0 Å². The van der Waals surface area contributed by atoms with E-state index in [4.69, 9.17) is 0 Å². The van der Waals surface area contributed by atoms with E-state index in [0.29, 0.717) is 16.2 Å². The predicted octanol–water partition coefficient (Wildman–Crippen LogP) is 6.37. The number of hydrogen-bond acceptors (Lipinski definition) is 0. The Balaban J connectivity index is 2.40. The highest BCUT2D eigenvalue weighted by molar-refractivity contribution is 5.28. The average Bonchev–Trinajstić information content (AvgIpc) is 2.21. The van der Waals surface area contributed by atoms with E-state index in [1.807, 2.05) is 5.57 Å². The van der Waals surface area contributed by atoms with Gasteiger partial charge in [0.2, 0.25) is 0 Å². The van der Waals surface area contributed by atoms with Gasteiger partial charge in [0.1, 0.15) is 0 Å². The second kappa shape index (κ2) is 4.64. The minimum atomic E-state index is 0.420. The van der Waals surface area contributed by atoms with Gasteiger partial charge in [-0.25, -0.2) is 0 Å². The van der Waals surface area contributed by atoms with E-state index < -0.39 is 0 Å². The summed E-state index contributed by atoms with van der Waals surface area (Å²) < 4.78 is 0. The van der Waals surface area contributed by atoms with Gasteiger partial charge in [-0.3, -0.25) is 0 Å². The van der Waals surface area contributed by atoms with Gasteiger partial charge in [0.15, 0.2) is 0 Å². The average molecular weight is 262 g/mol. The summed E-state index contributed by atoms with van der Waals surface area (Å²) in [7, 11) is 0. The van der Waals surface area contributed by atoms with Crippen molar-refractivity contribution in [3.8, 4) is 0 Å². The molecule has 0 aromatic carbocycles. The number of allylic oxidation sites excluding steroid dienone is 2. The Morgan fingerprint density at radius 3 is 2.32 bits per heavy atom. The van der Waals surface area contributed by atoms with E-state index in [2.05, 4.69) is 48.5 Å². The molecule has 2 aliphatic carbocycles. The van der Waals surface area contributed by atoms with Crippen LogP contribution in [0, 0.1) is 22.2 Å². The number of rotatable bonds is 1. The largest absolute Gasteiger partial charge is 0.0735 e. The third-order valence-electron chi connectivity index (χ3n) is 5.95. The van der Waals surface area contributed by atoms with Gasteiger partial charge in [0.05, 0.1) is 0 Å². The molecule has 0 spiro atoms. The minimum Gasteiger partial charge on any atom is -0.0735 e. The van der Waals surface area contributed by atoms with Crippen LogP contribution in [-0.2, 0) is 0 Å². The molecule has 0 aliphatic heterocycles. The van der Waals surface area contributed by atoms with Crippen LogP contribution in [0.2, 0.25) is 0 Å². The molecule has 0 radical (unpaired) electrons. The first-order valence-electron chi connectivity index (χ1n) is 8.25. The molecule has 0 bridgehead atoms. The fraction of sp³-hybridized carbons (Fsp3) is 0.895. The topological polar surface area (TPSA) is 0 Å². The molecule has 0 amide bonds. The lowest BCUT2D eigenvalue weighted by molar-refractivity contribution is 0.00754. The summed E-state index contributed by atoms with van der Waals surface area (Å²) in [5.74, 6) is 0.898. The lowest BCUT2D eigenvalue weighted by atomic mass is 9.49. The molecule has 1 saturated carbocycles. The Bertz CT molecular complexity index is 377. The zero-order valence-corrected chi connectivity index (χ0v) is 14.3. The number of hydrogen-bond donors (Lipinski definition) is 0. The molecule has 19 heavy (non-hydrogen) atoms. The van der Waals surface area contributed by atoms with Gasteiger partial charge in [-0.2, -0.15) is 0 Å². The highest BCUT2D eigenvalue weighted by Gasteiger charge is 2.50. The fourth-order valence-corrected chi connectivity index (χ4v) is 5.07. The first-order valence-corrected chi connectivity index (χ1v) is 8.25. The maximum atomic E-state index is 2.59. The summed E-state index contributed by atoms with van der Waals surface area (Å²) >= 11 is 0. The smallest absolute Gasteiger partial charge is 0.00802 e. The van der Waals surface area contributed by atoms with Crippen LogP contribution in [0.25, 0.3) is 0 Å². The molecule has 0 heterocycles. The van der Waals surface area contributed by atoms with Gasteiger partial charge in [-0.1, -0.05) is 59.1 Å². The molecular weight excluding hydrogens is 228 g/mol. The summed E-state index contributed by atoms with van der Waals surface area (Å²) in [6, 6.07) is 0. The Kier molecular flexibility index (Phi) is 3.69. The Morgan fingerprint density at radius 2 is 1.74 bits per heavy atom. The van der Waals surface area contributed by atoms with E-state index in [0.717, 1.165) is 5.92 Å². The summed E-state index contributed by atoms with van der Waals surface area (Å²) in [6.45, 7) is 17.2. The first kappa shape index (κ1) is 15.1. The van der Waals surface area contributed by atoms with Gasteiger partial charge in [-0.05, 0) is 61.2 Å². The van der Waals surface area contributed by atoms with Gasteiger partial charge < -0.3 is 0 Å². The lowest BCUT2D eigenvalue weighted by Gasteiger charge is -2.56. The van der Waals surface area contributed by atoms with Crippen LogP contribution in [0.15, 0.2) is 11.1 Å². The highest BCUT2D eigenvalue weighted by Crippen LogP contribution is 2.60. The molecule has 2 atom stereocenters.